The number of amides is 1. The fraction of sp³-hybridized carbons (Fsp3) is 0.632. The Bertz CT molecular complexity index is 556. The first-order valence-electron chi connectivity index (χ1n) is 8.89. The smallest absolute Gasteiger partial charge is 0.237 e. The van der Waals surface area contributed by atoms with Crippen LogP contribution in [0, 0.1) is 5.92 Å². The number of rotatable bonds is 6. The van der Waals surface area contributed by atoms with E-state index < -0.39 is 0 Å². The van der Waals surface area contributed by atoms with Gasteiger partial charge in [0.1, 0.15) is 5.75 Å². The number of carbonyl (C=O) groups excluding carboxylic acids is 1. The normalized spacial score (nSPS) is 24.6. The Morgan fingerprint density at radius 3 is 2.58 bits per heavy atom. The summed E-state index contributed by atoms with van der Waals surface area (Å²) in [5, 5.41) is 10.0. The monoisotopic (exact) mass is 332 g/mol. The van der Waals surface area contributed by atoms with Crippen molar-refractivity contribution in [2.45, 2.75) is 44.9 Å². The minimum atomic E-state index is -0.317. The Balaban J connectivity index is 1.59. The molecule has 1 aromatic rings. The molecule has 0 bridgehead atoms. The average Bonchev–Trinajstić information content (AvgIpc) is 3.41. The quantitative estimate of drug-likeness (QED) is 0.864. The van der Waals surface area contributed by atoms with Gasteiger partial charge in [0, 0.05) is 19.1 Å². The van der Waals surface area contributed by atoms with Crippen molar-refractivity contribution in [1.29, 1.82) is 0 Å². The molecule has 1 aromatic carbocycles. The Morgan fingerprint density at radius 1 is 1.29 bits per heavy atom. The molecule has 1 N–H and O–H groups in total. The molecule has 0 aromatic heterocycles. The number of carbonyl (C=O) groups is 1. The number of likely N-dealkylation sites (tertiary alicyclic amines) is 1. The fourth-order valence-electron chi connectivity index (χ4n) is 3.27. The van der Waals surface area contributed by atoms with Crippen LogP contribution < -0.4 is 4.74 Å². The SMILES string of the molecule is COc1ccc(CN(C(=O)CN2CCC(C)C(O)C2)C2CC2)cc1. The van der Waals surface area contributed by atoms with Crippen molar-refractivity contribution in [3.63, 3.8) is 0 Å². The zero-order valence-corrected chi connectivity index (χ0v) is 14.6. The lowest BCUT2D eigenvalue weighted by Crippen LogP contribution is -2.48. The van der Waals surface area contributed by atoms with Gasteiger partial charge in [-0.25, -0.2) is 0 Å². The summed E-state index contributed by atoms with van der Waals surface area (Å²) in [6.07, 6.45) is 2.84. The van der Waals surface area contributed by atoms with Gasteiger partial charge < -0.3 is 14.7 Å². The Labute approximate surface area is 144 Å². The van der Waals surface area contributed by atoms with Crippen molar-refractivity contribution >= 4 is 5.91 Å². The minimum Gasteiger partial charge on any atom is -0.497 e. The van der Waals surface area contributed by atoms with Crippen LogP contribution in [0.3, 0.4) is 0 Å². The molecule has 24 heavy (non-hydrogen) atoms. The summed E-state index contributed by atoms with van der Waals surface area (Å²) < 4.78 is 5.19. The first kappa shape index (κ1) is 17.2. The summed E-state index contributed by atoms with van der Waals surface area (Å²) in [5.74, 6) is 1.34. The van der Waals surface area contributed by atoms with Crippen molar-refractivity contribution in [3.8, 4) is 5.75 Å². The fourth-order valence-corrected chi connectivity index (χ4v) is 3.27. The highest BCUT2D eigenvalue weighted by atomic mass is 16.5. The highest BCUT2D eigenvalue weighted by Crippen LogP contribution is 2.29. The molecular formula is C19H28N2O3. The second-order valence-electron chi connectivity index (χ2n) is 7.17. The highest BCUT2D eigenvalue weighted by molar-refractivity contribution is 5.79. The third-order valence-corrected chi connectivity index (χ3v) is 5.18. The molecule has 5 nitrogen and oxygen atoms in total. The molecule has 1 saturated heterocycles. The van der Waals surface area contributed by atoms with Gasteiger partial charge in [-0.05, 0) is 49.4 Å². The molecule has 1 amide bonds. The average molecular weight is 332 g/mol. The topological polar surface area (TPSA) is 53.0 Å². The molecule has 0 radical (unpaired) electrons. The highest BCUT2D eigenvalue weighted by Gasteiger charge is 2.34. The number of hydrogen-bond donors (Lipinski definition) is 1. The summed E-state index contributed by atoms with van der Waals surface area (Å²) in [6, 6.07) is 8.30. The largest absolute Gasteiger partial charge is 0.497 e. The first-order valence-corrected chi connectivity index (χ1v) is 8.89. The van der Waals surface area contributed by atoms with E-state index >= 15 is 0 Å². The number of aliphatic hydroxyl groups excluding tert-OH is 1. The van der Waals surface area contributed by atoms with Gasteiger partial charge in [0.25, 0.3) is 0 Å². The van der Waals surface area contributed by atoms with Gasteiger partial charge in [0.2, 0.25) is 5.91 Å². The van der Waals surface area contributed by atoms with Crippen molar-refractivity contribution < 1.29 is 14.6 Å². The number of nitrogens with zero attached hydrogens (tertiary/aromatic N) is 2. The van der Waals surface area contributed by atoms with E-state index in [1.54, 1.807) is 7.11 Å². The van der Waals surface area contributed by atoms with E-state index in [4.69, 9.17) is 4.74 Å². The van der Waals surface area contributed by atoms with Crippen molar-refractivity contribution in [1.82, 2.24) is 9.80 Å². The van der Waals surface area contributed by atoms with E-state index in [-0.39, 0.29) is 12.0 Å². The molecule has 5 heteroatoms. The number of aliphatic hydroxyl groups is 1. The van der Waals surface area contributed by atoms with Gasteiger partial charge in [-0.2, -0.15) is 0 Å². The number of hydrogen-bond acceptors (Lipinski definition) is 4. The molecule has 132 valence electrons. The van der Waals surface area contributed by atoms with Crippen LogP contribution in [0.4, 0.5) is 0 Å². The first-order chi connectivity index (χ1) is 11.6. The molecule has 2 atom stereocenters. The third kappa shape index (κ3) is 4.28. The standard InChI is InChI=1S/C19H28N2O3/c1-14-9-10-20(12-18(14)22)13-19(23)21(16-5-6-16)11-15-3-7-17(24-2)8-4-15/h3-4,7-8,14,16,18,22H,5-6,9-13H2,1-2H3. The molecule has 1 saturated carbocycles. The number of methoxy groups -OCH3 is 1. The number of piperidine rings is 1. The van der Waals surface area contributed by atoms with Crippen LogP contribution in [-0.4, -0.2) is 59.7 Å². The summed E-state index contributed by atoms with van der Waals surface area (Å²) in [7, 11) is 1.66. The van der Waals surface area contributed by atoms with Gasteiger partial charge in [-0.15, -0.1) is 0 Å². The second kappa shape index (κ2) is 7.53. The van der Waals surface area contributed by atoms with Crippen molar-refractivity contribution in [2.24, 2.45) is 5.92 Å². The second-order valence-corrected chi connectivity index (χ2v) is 7.17. The summed E-state index contributed by atoms with van der Waals surface area (Å²) in [5.41, 5.74) is 1.13. The lowest BCUT2D eigenvalue weighted by molar-refractivity contribution is -0.134. The Hall–Kier alpha value is -1.59. The van der Waals surface area contributed by atoms with Crippen LogP contribution in [0.15, 0.2) is 24.3 Å². The minimum absolute atomic E-state index is 0.176. The number of benzene rings is 1. The maximum atomic E-state index is 12.8. The van der Waals surface area contributed by atoms with Gasteiger partial charge in [-0.1, -0.05) is 19.1 Å². The van der Waals surface area contributed by atoms with E-state index in [1.807, 2.05) is 29.2 Å². The molecule has 2 unspecified atom stereocenters. The zero-order valence-electron chi connectivity index (χ0n) is 14.6. The summed E-state index contributed by atoms with van der Waals surface area (Å²) in [4.78, 5) is 16.9. The lowest BCUT2D eigenvalue weighted by Gasteiger charge is -2.35. The molecule has 1 heterocycles. The molecule has 0 spiro atoms. The summed E-state index contributed by atoms with van der Waals surface area (Å²) in [6.45, 7) is 4.64. The van der Waals surface area contributed by atoms with E-state index in [9.17, 15) is 9.90 Å². The molecule has 1 aliphatic heterocycles. The van der Waals surface area contributed by atoms with Gasteiger partial charge in [-0.3, -0.25) is 9.69 Å². The predicted molar refractivity (Wildman–Crippen MR) is 92.8 cm³/mol. The van der Waals surface area contributed by atoms with Crippen LogP contribution in [0.2, 0.25) is 0 Å². The van der Waals surface area contributed by atoms with Crippen LogP contribution in [0.1, 0.15) is 31.7 Å². The number of ether oxygens (including phenoxy) is 1. The maximum absolute atomic E-state index is 12.8. The van der Waals surface area contributed by atoms with Gasteiger partial charge >= 0.3 is 0 Å². The van der Waals surface area contributed by atoms with Crippen LogP contribution in [0.25, 0.3) is 0 Å². The van der Waals surface area contributed by atoms with Crippen LogP contribution in [-0.2, 0) is 11.3 Å². The third-order valence-electron chi connectivity index (χ3n) is 5.18. The molecule has 1 aliphatic carbocycles. The predicted octanol–water partition coefficient (Wildman–Crippen LogP) is 1.89. The van der Waals surface area contributed by atoms with E-state index in [1.165, 1.54) is 0 Å². The van der Waals surface area contributed by atoms with E-state index in [0.717, 1.165) is 37.1 Å². The molecular weight excluding hydrogens is 304 g/mol. The van der Waals surface area contributed by atoms with Crippen molar-refractivity contribution in [3.05, 3.63) is 29.8 Å². The van der Waals surface area contributed by atoms with Crippen LogP contribution >= 0.6 is 0 Å². The molecule has 3 rings (SSSR count). The van der Waals surface area contributed by atoms with Gasteiger partial charge in [0.05, 0.1) is 19.8 Å². The molecule has 2 fully saturated rings. The Kier molecular flexibility index (Phi) is 5.41. The van der Waals surface area contributed by atoms with E-state index in [0.29, 0.717) is 31.6 Å². The number of β-amino-alcohol motifs (C(OH)–C–C–N with tert-alkyl or cyclic N) is 1. The maximum Gasteiger partial charge on any atom is 0.237 e. The Morgan fingerprint density at radius 2 is 2.00 bits per heavy atom. The van der Waals surface area contributed by atoms with Crippen molar-refractivity contribution in [2.75, 3.05) is 26.7 Å². The lowest BCUT2D eigenvalue weighted by atomic mass is 9.96. The zero-order chi connectivity index (χ0) is 17.1. The van der Waals surface area contributed by atoms with E-state index in [2.05, 4.69) is 11.8 Å². The van der Waals surface area contributed by atoms with Crippen LogP contribution in [0.5, 0.6) is 5.75 Å². The van der Waals surface area contributed by atoms with Gasteiger partial charge in [0.15, 0.2) is 0 Å². The summed E-state index contributed by atoms with van der Waals surface area (Å²) >= 11 is 0. The molecule has 2 aliphatic rings.